The van der Waals surface area contributed by atoms with Crippen molar-refractivity contribution in [1.29, 1.82) is 0 Å². The Balaban J connectivity index is 1.37. The summed E-state index contributed by atoms with van der Waals surface area (Å²) in [6.07, 6.45) is 1.94. The van der Waals surface area contributed by atoms with Crippen molar-refractivity contribution >= 4 is 32.9 Å². The molecule has 0 atom stereocenters. The number of hydrogen-bond donors (Lipinski definition) is 1. The molecule has 9 nitrogen and oxygen atoms in total. The second-order valence-electron chi connectivity index (χ2n) is 6.24. The summed E-state index contributed by atoms with van der Waals surface area (Å²) in [7, 11) is -3.53. The number of aromatic nitrogens is 3. The first-order chi connectivity index (χ1) is 13.5. The lowest BCUT2D eigenvalue weighted by Gasteiger charge is -2.25. The van der Waals surface area contributed by atoms with Gasteiger partial charge < -0.3 is 10.1 Å². The van der Waals surface area contributed by atoms with Crippen molar-refractivity contribution in [3.05, 3.63) is 47.2 Å². The van der Waals surface area contributed by atoms with Gasteiger partial charge in [0.05, 0.1) is 26.2 Å². The van der Waals surface area contributed by atoms with Crippen LogP contribution in [0.4, 0.5) is 0 Å². The average molecular weight is 422 g/mol. The van der Waals surface area contributed by atoms with E-state index in [1.54, 1.807) is 16.5 Å². The van der Waals surface area contributed by atoms with Gasteiger partial charge in [-0.2, -0.15) is 4.31 Å². The lowest BCUT2D eigenvalue weighted by Crippen LogP contribution is -2.40. The number of pyridine rings is 1. The summed E-state index contributed by atoms with van der Waals surface area (Å²) >= 11 is 1.12. The molecule has 1 fully saturated rings. The van der Waals surface area contributed by atoms with Crippen LogP contribution in [0.2, 0.25) is 0 Å². The maximum atomic E-state index is 12.7. The van der Waals surface area contributed by atoms with Crippen LogP contribution in [0.25, 0.3) is 5.65 Å². The topological polar surface area (TPSA) is 106 Å². The van der Waals surface area contributed by atoms with Crippen molar-refractivity contribution in [2.75, 3.05) is 26.3 Å². The molecule has 148 valence electrons. The van der Waals surface area contributed by atoms with Crippen molar-refractivity contribution in [2.24, 2.45) is 0 Å². The molecule has 0 aliphatic carbocycles. The molecule has 1 amide bonds. The van der Waals surface area contributed by atoms with Gasteiger partial charge in [0.15, 0.2) is 11.5 Å². The van der Waals surface area contributed by atoms with Crippen molar-refractivity contribution in [3.63, 3.8) is 0 Å². The van der Waals surface area contributed by atoms with Gasteiger partial charge in [0.1, 0.15) is 4.21 Å². The maximum absolute atomic E-state index is 12.7. The Labute approximate surface area is 166 Å². The van der Waals surface area contributed by atoms with E-state index < -0.39 is 10.0 Å². The lowest BCUT2D eigenvalue weighted by molar-refractivity contribution is -0.120. The molecule has 3 aromatic heterocycles. The quantitative estimate of drug-likeness (QED) is 0.627. The average Bonchev–Trinajstić information content (AvgIpc) is 3.34. The smallest absolute Gasteiger partial charge is 0.252 e. The molecule has 1 aliphatic heterocycles. The molecule has 0 aromatic carbocycles. The molecule has 1 N–H and O–H groups in total. The van der Waals surface area contributed by atoms with E-state index in [0.29, 0.717) is 42.7 Å². The Bertz CT molecular complexity index is 1090. The summed E-state index contributed by atoms with van der Waals surface area (Å²) in [5.74, 6) is 0.426. The minimum absolute atomic E-state index is 0.111. The molecule has 28 heavy (non-hydrogen) atoms. The van der Waals surface area contributed by atoms with Gasteiger partial charge in [0, 0.05) is 24.2 Å². The monoisotopic (exact) mass is 421 g/mol. The highest BCUT2D eigenvalue weighted by Gasteiger charge is 2.27. The van der Waals surface area contributed by atoms with Gasteiger partial charge in [-0.25, -0.2) is 8.42 Å². The first-order valence-electron chi connectivity index (χ1n) is 8.76. The third-order valence-corrected chi connectivity index (χ3v) is 7.82. The normalized spacial score (nSPS) is 15.7. The first kappa shape index (κ1) is 19.0. The highest BCUT2D eigenvalue weighted by molar-refractivity contribution is 7.91. The van der Waals surface area contributed by atoms with E-state index in [4.69, 9.17) is 4.74 Å². The highest BCUT2D eigenvalue weighted by Crippen LogP contribution is 2.25. The molecule has 0 spiro atoms. The Morgan fingerprint density at radius 3 is 2.82 bits per heavy atom. The van der Waals surface area contributed by atoms with E-state index in [9.17, 15) is 13.2 Å². The number of nitrogens with one attached hydrogen (secondary N) is 1. The second-order valence-corrected chi connectivity index (χ2v) is 9.57. The van der Waals surface area contributed by atoms with Gasteiger partial charge in [-0.1, -0.05) is 6.07 Å². The molecular weight excluding hydrogens is 402 g/mol. The van der Waals surface area contributed by atoms with E-state index in [2.05, 4.69) is 15.5 Å². The SMILES string of the molecule is O=C(Cc1ccc(S(=O)(=O)N2CCOCC2)s1)NCc1nnc2ccccn12. The highest BCUT2D eigenvalue weighted by atomic mass is 32.2. The van der Waals surface area contributed by atoms with Crippen molar-refractivity contribution in [2.45, 2.75) is 17.2 Å². The molecule has 0 radical (unpaired) electrons. The molecular formula is C17H19N5O4S2. The maximum Gasteiger partial charge on any atom is 0.252 e. The fraction of sp³-hybridized carbons (Fsp3) is 0.353. The minimum atomic E-state index is -3.53. The predicted molar refractivity (Wildman–Crippen MR) is 102 cm³/mol. The van der Waals surface area contributed by atoms with E-state index in [-0.39, 0.29) is 23.1 Å². The van der Waals surface area contributed by atoms with Crippen LogP contribution in [0.1, 0.15) is 10.7 Å². The van der Waals surface area contributed by atoms with Crippen LogP contribution in [0, 0.1) is 0 Å². The number of ether oxygens (including phenoxy) is 1. The minimum Gasteiger partial charge on any atom is -0.379 e. The van der Waals surface area contributed by atoms with Crippen molar-refractivity contribution < 1.29 is 17.9 Å². The summed E-state index contributed by atoms with van der Waals surface area (Å²) in [6.45, 7) is 1.74. The van der Waals surface area contributed by atoms with Gasteiger partial charge >= 0.3 is 0 Å². The summed E-state index contributed by atoms with van der Waals surface area (Å²) in [6, 6.07) is 8.81. The second kappa shape index (κ2) is 7.95. The molecule has 0 saturated carbocycles. The van der Waals surface area contributed by atoms with Gasteiger partial charge in [-0.3, -0.25) is 9.20 Å². The number of sulfonamides is 1. The van der Waals surface area contributed by atoms with E-state index >= 15 is 0 Å². The summed E-state index contributed by atoms with van der Waals surface area (Å²) in [5, 5.41) is 10.9. The molecule has 4 rings (SSSR count). The number of thiophene rings is 1. The molecule has 4 heterocycles. The van der Waals surface area contributed by atoms with Crippen LogP contribution >= 0.6 is 11.3 Å². The van der Waals surface area contributed by atoms with Crippen LogP contribution in [-0.4, -0.2) is 59.5 Å². The number of hydrogen-bond acceptors (Lipinski definition) is 7. The lowest BCUT2D eigenvalue weighted by atomic mass is 10.3. The summed E-state index contributed by atoms with van der Waals surface area (Å²) in [5.41, 5.74) is 0.711. The Hall–Kier alpha value is -2.34. The van der Waals surface area contributed by atoms with Gasteiger partial charge in [-0.05, 0) is 24.3 Å². The van der Waals surface area contributed by atoms with Crippen LogP contribution < -0.4 is 5.32 Å². The Morgan fingerprint density at radius 2 is 2.00 bits per heavy atom. The van der Waals surface area contributed by atoms with E-state index in [0.717, 1.165) is 11.3 Å². The van der Waals surface area contributed by atoms with Crippen LogP contribution in [-0.2, 0) is 32.5 Å². The summed E-state index contributed by atoms with van der Waals surface area (Å²) < 4.78 is 34.0. The molecule has 0 bridgehead atoms. The standard InChI is InChI=1S/C17H19N5O4S2/c23-16(18-12-15-20-19-14-3-1-2-6-22(14)15)11-13-4-5-17(27-13)28(24,25)21-7-9-26-10-8-21/h1-6H,7-12H2,(H,18,23). The largest absolute Gasteiger partial charge is 0.379 e. The molecule has 1 aliphatic rings. The zero-order chi connectivity index (χ0) is 19.6. The number of carbonyl (C=O) groups excluding carboxylic acids is 1. The number of carbonyl (C=O) groups is 1. The van der Waals surface area contributed by atoms with Gasteiger partial charge in [0.25, 0.3) is 10.0 Å². The summed E-state index contributed by atoms with van der Waals surface area (Å²) in [4.78, 5) is 13.0. The predicted octanol–water partition coefficient (Wildman–Crippen LogP) is 0.671. The van der Waals surface area contributed by atoms with Crippen molar-refractivity contribution in [3.8, 4) is 0 Å². The van der Waals surface area contributed by atoms with Crippen LogP contribution in [0.15, 0.2) is 40.7 Å². The van der Waals surface area contributed by atoms with E-state index in [1.807, 2.05) is 24.4 Å². The number of nitrogens with zero attached hydrogens (tertiary/aromatic N) is 4. The third-order valence-electron chi connectivity index (χ3n) is 4.36. The van der Waals surface area contributed by atoms with Crippen molar-refractivity contribution in [1.82, 2.24) is 24.2 Å². The van der Waals surface area contributed by atoms with Crippen LogP contribution in [0.3, 0.4) is 0 Å². The zero-order valence-electron chi connectivity index (χ0n) is 14.9. The number of morpholine rings is 1. The van der Waals surface area contributed by atoms with Gasteiger partial charge in [-0.15, -0.1) is 21.5 Å². The fourth-order valence-corrected chi connectivity index (χ4v) is 5.83. The molecule has 3 aromatic rings. The van der Waals surface area contributed by atoms with Gasteiger partial charge in [0.2, 0.25) is 5.91 Å². The molecule has 1 saturated heterocycles. The van der Waals surface area contributed by atoms with Crippen LogP contribution in [0.5, 0.6) is 0 Å². The molecule has 11 heteroatoms. The zero-order valence-corrected chi connectivity index (χ0v) is 16.6. The molecule has 0 unspecified atom stereocenters. The third kappa shape index (κ3) is 3.92. The van der Waals surface area contributed by atoms with E-state index in [1.165, 1.54) is 4.31 Å². The first-order valence-corrected chi connectivity index (χ1v) is 11.0. The fourth-order valence-electron chi connectivity index (χ4n) is 2.92. The number of amides is 1. The number of fused-ring (bicyclic) bond motifs is 1. The number of rotatable bonds is 6. The Morgan fingerprint density at radius 1 is 1.18 bits per heavy atom. The Kier molecular flexibility index (Phi) is 5.40.